The van der Waals surface area contributed by atoms with E-state index < -0.39 is 15.7 Å². The Bertz CT molecular complexity index is 722. The van der Waals surface area contributed by atoms with Crippen molar-refractivity contribution in [3.05, 3.63) is 69.8 Å². The van der Waals surface area contributed by atoms with Crippen LogP contribution in [0.25, 0.3) is 0 Å². The highest BCUT2D eigenvalue weighted by molar-refractivity contribution is 7.84. The van der Waals surface area contributed by atoms with Crippen molar-refractivity contribution in [3.63, 3.8) is 0 Å². The molecule has 0 heterocycles. The number of hydrogen-bond acceptors (Lipinski definition) is 4. The number of nitro groups is 1. The molecular weight excluding hydrogens is 276 g/mol. The molecule has 0 aromatic heterocycles. The molecule has 0 saturated heterocycles. The summed E-state index contributed by atoms with van der Waals surface area (Å²) < 4.78 is 12.3. The fourth-order valence-electron chi connectivity index (χ4n) is 1.77. The van der Waals surface area contributed by atoms with E-state index in [0.29, 0.717) is 11.1 Å². The first-order valence-corrected chi connectivity index (χ1v) is 7.05. The fraction of sp³-hybridized carbons (Fsp3) is 0.0714. The molecule has 2 aromatic rings. The largest absolute Gasteiger partial charge is 0.285 e. The highest BCUT2D eigenvalue weighted by atomic mass is 32.2. The van der Waals surface area contributed by atoms with Gasteiger partial charge in [0.05, 0.1) is 33.1 Å². The van der Waals surface area contributed by atoms with Gasteiger partial charge in [-0.3, -0.25) is 14.3 Å². The smallest absolute Gasteiger partial charge is 0.258 e. The van der Waals surface area contributed by atoms with Crippen LogP contribution in [0, 0.1) is 21.4 Å². The van der Waals surface area contributed by atoms with Gasteiger partial charge in [-0.05, 0) is 17.7 Å². The summed E-state index contributed by atoms with van der Waals surface area (Å²) >= 11 is 0. The lowest BCUT2D eigenvalue weighted by atomic mass is 10.1. The molecule has 6 heteroatoms. The van der Waals surface area contributed by atoms with Crippen molar-refractivity contribution in [2.24, 2.45) is 0 Å². The molecule has 2 rings (SSSR count). The Balaban J connectivity index is 2.34. The van der Waals surface area contributed by atoms with Gasteiger partial charge in [0.15, 0.2) is 0 Å². The first-order valence-electron chi connectivity index (χ1n) is 5.73. The molecule has 0 fully saturated rings. The number of benzene rings is 2. The number of nitro benzene ring substituents is 1. The minimum Gasteiger partial charge on any atom is -0.258 e. The molecule has 100 valence electrons. The molecular formula is C14H10N2O3S. The number of nitriles is 1. The summed E-state index contributed by atoms with van der Waals surface area (Å²) in [6.07, 6.45) is 0. The van der Waals surface area contributed by atoms with Crippen LogP contribution in [0.15, 0.2) is 53.4 Å². The first kappa shape index (κ1) is 13.9. The van der Waals surface area contributed by atoms with E-state index in [9.17, 15) is 14.3 Å². The molecule has 0 spiro atoms. The molecule has 5 nitrogen and oxygen atoms in total. The van der Waals surface area contributed by atoms with E-state index >= 15 is 0 Å². The number of hydrogen-bond donors (Lipinski definition) is 0. The third-order valence-electron chi connectivity index (χ3n) is 2.73. The maximum Gasteiger partial charge on any atom is 0.285 e. The van der Waals surface area contributed by atoms with E-state index in [1.165, 1.54) is 18.2 Å². The van der Waals surface area contributed by atoms with Crippen LogP contribution in [-0.4, -0.2) is 9.13 Å². The van der Waals surface area contributed by atoms with Gasteiger partial charge >= 0.3 is 0 Å². The quantitative estimate of drug-likeness (QED) is 0.639. The summed E-state index contributed by atoms with van der Waals surface area (Å²) in [4.78, 5) is 10.5. The molecule has 0 N–H and O–H groups in total. The van der Waals surface area contributed by atoms with Crippen molar-refractivity contribution in [1.82, 2.24) is 0 Å². The summed E-state index contributed by atoms with van der Waals surface area (Å²) in [6.45, 7) is 0. The van der Waals surface area contributed by atoms with Gasteiger partial charge in [0, 0.05) is 6.07 Å². The molecule has 0 bridgehead atoms. The number of para-hydroxylation sites is 1. The predicted octanol–water partition coefficient (Wildman–Crippen LogP) is 2.77. The lowest BCUT2D eigenvalue weighted by Crippen LogP contribution is -2.02. The summed E-state index contributed by atoms with van der Waals surface area (Å²) in [5, 5.41) is 19.9. The number of nitrogens with zero attached hydrogens (tertiary/aromatic N) is 2. The average molecular weight is 286 g/mol. The Morgan fingerprint density at radius 1 is 1.15 bits per heavy atom. The summed E-state index contributed by atoms with van der Waals surface area (Å²) in [7, 11) is -1.57. The monoisotopic (exact) mass is 286 g/mol. The highest BCUT2D eigenvalue weighted by Crippen LogP contribution is 2.24. The molecule has 2 aromatic carbocycles. The second kappa shape index (κ2) is 6.08. The van der Waals surface area contributed by atoms with E-state index in [2.05, 4.69) is 0 Å². The van der Waals surface area contributed by atoms with Crippen LogP contribution >= 0.6 is 0 Å². The lowest BCUT2D eigenvalue weighted by Gasteiger charge is -2.05. The van der Waals surface area contributed by atoms with Gasteiger partial charge in [-0.15, -0.1) is 0 Å². The van der Waals surface area contributed by atoms with Crippen LogP contribution < -0.4 is 0 Å². The van der Waals surface area contributed by atoms with E-state index in [4.69, 9.17) is 5.26 Å². The Kier molecular flexibility index (Phi) is 4.23. The van der Waals surface area contributed by atoms with Crippen LogP contribution in [0.5, 0.6) is 0 Å². The molecule has 20 heavy (non-hydrogen) atoms. The van der Waals surface area contributed by atoms with Gasteiger partial charge < -0.3 is 0 Å². The zero-order valence-corrected chi connectivity index (χ0v) is 11.2. The number of rotatable bonds is 4. The fourth-order valence-corrected chi connectivity index (χ4v) is 3.07. The highest BCUT2D eigenvalue weighted by Gasteiger charge is 2.18. The Morgan fingerprint density at radius 2 is 1.80 bits per heavy atom. The van der Waals surface area contributed by atoms with E-state index in [-0.39, 0.29) is 16.3 Å². The van der Waals surface area contributed by atoms with Crippen molar-refractivity contribution in [3.8, 4) is 6.07 Å². The van der Waals surface area contributed by atoms with Crippen molar-refractivity contribution < 1.29 is 9.13 Å². The molecule has 0 saturated carbocycles. The average Bonchev–Trinajstić information content (AvgIpc) is 2.47. The van der Waals surface area contributed by atoms with Gasteiger partial charge in [0.2, 0.25) is 0 Å². The zero-order valence-electron chi connectivity index (χ0n) is 10.4. The van der Waals surface area contributed by atoms with E-state index in [1.54, 1.807) is 30.3 Å². The van der Waals surface area contributed by atoms with Crippen LogP contribution in [0.1, 0.15) is 11.1 Å². The predicted molar refractivity (Wildman–Crippen MR) is 74.4 cm³/mol. The van der Waals surface area contributed by atoms with Gasteiger partial charge in [-0.2, -0.15) is 5.26 Å². The maximum atomic E-state index is 12.3. The first-order chi connectivity index (χ1) is 9.63. The van der Waals surface area contributed by atoms with Crippen molar-refractivity contribution in [2.75, 3.05) is 0 Å². The van der Waals surface area contributed by atoms with Crippen LogP contribution in [0.4, 0.5) is 5.69 Å². The van der Waals surface area contributed by atoms with Crippen molar-refractivity contribution in [1.29, 1.82) is 5.26 Å². The van der Waals surface area contributed by atoms with Crippen molar-refractivity contribution >= 4 is 16.5 Å². The molecule has 0 aliphatic heterocycles. The van der Waals surface area contributed by atoms with Gasteiger partial charge in [-0.25, -0.2) is 0 Å². The second-order valence-electron chi connectivity index (χ2n) is 3.98. The SMILES string of the molecule is N#Cc1ccccc1CS(=O)c1ccccc1[N+](=O)[O-]. The molecule has 0 aliphatic rings. The topological polar surface area (TPSA) is 84.0 Å². The van der Waals surface area contributed by atoms with Gasteiger partial charge in [0.1, 0.15) is 4.90 Å². The summed E-state index contributed by atoms with van der Waals surface area (Å²) in [5.41, 5.74) is 0.881. The summed E-state index contributed by atoms with van der Waals surface area (Å²) in [5.74, 6) is 0.0780. The van der Waals surface area contributed by atoms with E-state index in [1.807, 2.05) is 6.07 Å². The van der Waals surface area contributed by atoms with E-state index in [0.717, 1.165) is 0 Å². The summed E-state index contributed by atoms with van der Waals surface area (Å²) in [6, 6.07) is 14.7. The van der Waals surface area contributed by atoms with Crippen LogP contribution in [0.2, 0.25) is 0 Å². The van der Waals surface area contributed by atoms with Crippen LogP contribution in [-0.2, 0) is 16.6 Å². The molecule has 1 unspecified atom stereocenters. The molecule has 0 amide bonds. The van der Waals surface area contributed by atoms with Crippen LogP contribution in [0.3, 0.4) is 0 Å². The maximum absolute atomic E-state index is 12.3. The van der Waals surface area contributed by atoms with Crippen molar-refractivity contribution in [2.45, 2.75) is 10.6 Å². The molecule has 1 atom stereocenters. The lowest BCUT2D eigenvalue weighted by molar-refractivity contribution is -0.387. The van der Waals surface area contributed by atoms with Gasteiger partial charge in [0.25, 0.3) is 5.69 Å². The Hall–Kier alpha value is -2.52. The standard InChI is InChI=1S/C14H10N2O3S/c15-9-11-5-1-2-6-12(11)10-20(19)14-8-4-3-7-13(14)16(17)18/h1-8H,10H2. The minimum absolute atomic E-state index is 0.0780. The normalized spacial score (nSPS) is 11.6. The molecule has 0 aliphatic carbocycles. The third-order valence-corrected chi connectivity index (χ3v) is 4.14. The Morgan fingerprint density at radius 3 is 2.50 bits per heavy atom. The third kappa shape index (κ3) is 2.90. The molecule has 0 radical (unpaired) electrons. The minimum atomic E-state index is -1.57. The van der Waals surface area contributed by atoms with Gasteiger partial charge in [-0.1, -0.05) is 30.3 Å². The second-order valence-corrected chi connectivity index (χ2v) is 5.40. The Labute approximate surface area is 118 Å². The zero-order chi connectivity index (χ0) is 14.5.